The van der Waals surface area contributed by atoms with Gasteiger partial charge in [0.25, 0.3) is 0 Å². The van der Waals surface area contributed by atoms with Gasteiger partial charge in [0.05, 0.1) is 0 Å². The molecule has 2 saturated carbocycles. The number of rotatable bonds is 3. The predicted molar refractivity (Wildman–Crippen MR) is 82.7 cm³/mol. The summed E-state index contributed by atoms with van der Waals surface area (Å²) in [6, 6.07) is 0.357. The van der Waals surface area contributed by atoms with Gasteiger partial charge in [0.15, 0.2) is 0 Å². The van der Waals surface area contributed by atoms with Crippen molar-refractivity contribution in [1.29, 1.82) is 0 Å². The van der Waals surface area contributed by atoms with Crippen LogP contribution in [0.4, 0.5) is 0 Å². The van der Waals surface area contributed by atoms with E-state index >= 15 is 0 Å². The normalized spacial score (nSPS) is 37.5. The van der Waals surface area contributed by atoms with Crippen LogP contribution in [0.1, 0.15) is 44.9 Å². The van der Waals surface area contributed by atoms with E-state index in [1.807, 2.05) is 0 Å². The van der Waals surface area contributed by atoms with Gasteiger partial charge >= 0.3 is 0 Å². The Balaban J connectivity index is 1.54. The average molecular weight is 294 g/mol. The molecule has 3 aliphatic rings. The number of nitrogens with zero attached hydrogens (tertiary/aromatic N) is 1. The summed E-state index contributed by atoms with van der Waals surface area (Å²) < 4.78 is 5.24. The first-order valence-corrected chi connectivity index (χ1v) is 8.72. The van der Waals surface area contributed by atoms with Crippen molar-refractivity contribution in [3.63, 3.8) is 0 Å². The summed E-state index contributed by atoms with van der Waals surface area (Å²) in [7, 11) is 1.77. The number of methoxy groups -OCH3 is 1. The Bertz CT molecular complexity index is 352. The minimum absolute atomic E-state index is 0.249. The van der Waals surface area contributed by atoms with Gasteiger partial charge in [-0.25, -0.2) is 0 Å². The maximum atomic E-state index is 12.8. The van der Waals surface area contributed by atoms with Crippen LogP contribution in [-0.4, -0.2) is 43.7 Å². The summed E-state index contributed by atoms with van der Waals surface area (Å²) in [4.78, 5) is 14.9. The molecule has 4 nitrogen and oxygen atoms in total. The molecule has 3 fully saturated rings. The molecule has 120 valence electrons. The minimum atomic E-state index is 0.249. The third kappa shape index (κ3) is 3.26. The molecule has 2 bridgehead atoms. The van der Waals surface area contributed by atoms with Gasteiger partial charge in [0.2, 0.25) is 5.91 Å². The molecule has 4 heteroatoms. The Hall–Kier alpha value is -0.610. The predicted octanol–water partition coefficient (Wildman–Crippen LogP) is 2.02. The molecule has 1 saturated heterocycles. The molecule has 3 rings (SSSR count). The smallest absolute Gasteiger partial charge is 0.225 e. The number of ether oxygens (including phenoxy) is 1. The van der Waals surface area contributed by atoms with Crippen LogP contribution in [0.15, 0.2) is 0 Å². The Morgan fingerprint density at radius 1 is 1.14 bits per heavy atom. The first-order chi connectivity index (χ1) is 10.2. The van der Waals surface area contributed by atoms with E-state index in [1.54, 1.807) is 7.11 Å². The van der Waals surface area contributed by atoms with E-state index in [1.165, 1.54) is 19.3 Å². The highest BCUT2D eigenvalue weighted by Crippen LogP contribution is 2.42. The van der Waals surface area contributed by atoms with E-state index in [0.717, 1.165) is 45.4 Å². The van der Waals surface area contributed by atoms with Crippen LogP contribution < -0.4 is 5.73 Å². The zero-order valence-corrected chi connectivity index (χ0v) is 13.3. The molecule has 0 aromatic heterocycles. The fourth-order valence-electron chi connectivity index (χ4n) is 4.80. The number of fused-ring (bicyclic) bond motifs is 2. The molecule has 0 aromatic carbocycles. The number of piperidine rings is 1. The van der Waals surface area contributed by atoms with Crippen LogP contribution in [0.25, 0.3) is 0 Å². The minimum Gasteiger partial charge on any atom is -0.384 e. The Labute approximate surface area is 128 Å². The molecule has 1 heterocycles. The van der Waals surface area contributed by atoms with E-state index < -0.39 is 0 Å². The highest BCUT2D eigenvalue weighted by Gasteiger charge is 2.41. The zero-order chi connectivity index (χ0) is 14.8. The van der Waals surface area contributed by atoms with E-state index in [2.05, 4.69) is 4.90 Å². The molecule has 1 amide bonds. The lowest BCUT2D eigenvalue weighted by atomic mass is 9.65. The van der Waals surface area contributed by atoms with Crippen molar-refractivity contribution < 1.29 is 9.53 Å². The molecule has 0 aromatic rings. The number of carbonyl (C=O) groups is 1. The Kier molecular flexibility index (Phi) is 4.85. The van der Waals surface area contributed by atoms with Gasteiger partial charge in [-0.3, -0.25) is 4.79 Å². The average Bonchev–Trinajstić information content (AvgIpc) is 2.47. The highest BCUT2D eigenvalue weighted by molar-refractivity contribution is 5.79. The van der Waals surface area contributed by atoms with Crippen LogP contribution in [0.2, 0.25) is 0 Å². The van der Waals surface area contributed by atoms with E-state index in [0.29, 0.717) is 29.7 Å². The number of carbonyl (C=O) groups excluding carboxylic acids is 1. The fraction of sp³-hybridized carbons (Fsp3) is 0.941. The summed E-state index contributed by atoms with van der Waals surface area (Å²) in [6.45, 7) is 2.68. The van der Waals surface area contributed by atoms with Crippen molar-refractivity contribution in [1.82, 2.24) is 4.90 Å². The lowest BCUT2D eigenvalue weighted by Crippen LogP contribution is -2.50. The van der Waals surface area contributed by atoms with Crippen LogP contribution in [-0.2, 0) is 9.53 Å². The summed E-state index contributed by atoms with van der Waals surface area (Å²) in [5.41, 5.74) is 6.34. The van der Waals surface area contributed by atoms with Crippen molar-refractivity contribution in [2.24, 2.45) is 29.4 Å². The number of hydrogen-bond acceptors (Lipinski definition) is 3. The van der Waals surface area contributed by atoms with Crippen LogP contribution in [0.3, 0.4) is 0 Å². The number of amides is 1. The third-order valence-corrected chi connectivity index (χ3v) is 6.09. The Morgan fingerprint density at radius 2 is 1.76 bits per heavy atom. The fourth-order valence-corrected chi connectivity index (χ4v) is 4.80. The van der Waals surface area contributed by atoms with Gasteiger partial charge in [-0.1, -0.05) is 6.42 Å². The van der Waals surface area contributed by atoms with Crippen LogP contribution in [0, 0.1) is 23.7 Å². The van der Waals surface area contributed by atoms with Gasteiger partial charge in [-0.15, -0.1) is 0 Å². The van der Waals surface area contributed by atoms with Crippen molar-refractivity contribution >= 4 is 5.91 Å². The maximum Gasteiger partial charge on any atom is 0.225 e. The van der Waals surface area contributed by atoms with Crippen molar-refractivity contribution in [3.05, 3.63) is 0 Å². The molecule has 21 heavy (non-hydrogen) atoms. The van der Waals surface area contributed by atoms with Crippen LogP contribution in [0.5, 0.6) is 0 Å². The van der Waals surface area contributed by atoms with E-state index in [-0.39, 0.29) is 5.92 Å². The second-order valence-electron chi connectivity index (χ2n) is 7.42. The molecule has 2 atom stereocenters. The van der Waals surface area contributed by atoms with Gasteiger partial charge < -0.3 is 15.4 Å². The molecular weight excluding hydrogens is 264 g/mol. The summed E-state index contributed by atoms with van der Waals surface area (Å²) in [6.07, 6.45) is 8.04. The lowest BCUT2D eigenvalue weighted by Gasteiger charge is -2.45. The van der Waals surface area contributed by atoms with Gasteiger partial charge in [0.1, 0.15) is 0 Å². The summed E-state index contributed by atoms with van der Waals surface area (Å²) in [5.74, 6) is 2.49. The summed E-state index contributed by atoms with van der Waals surface area (Å²) in [5, 5.41) is 0. The number of nitrogens with two attached hydrogens (primary N) is 1. The topological polar surface area (TPSA) is 55.6 Å². The summed E-state index contributed by atoms with van der Waals surface area (Å²) >= 11 is 0. The van der Waals surface area contributed by atoms with E-state index in [9.17, 15) is 4.79 Å². The van der Waals surface area contributed by atoms with Crippen LogP contribution >= 0.6 is 0 Å². The SMILES string of the molecule is COCC1CCN(C(=O)C2CC3CCCC(C2)C3N)CC1. The molecule has 2 aliphatic carbocycles. The van der Waals surface area contributed by atoms with Crippen molar-refractivity contribution in [3.8, 4) is 0 Å². The Morgan fingerprint density at radius 3 is 2.33 bits per heavy atom. The first-order valence-electron chi connectivity index (χ1n) is 8.72. The van der Waals surface area contributed by atoms with Gasteiger partial charge in [0, 0.05) is 38.8 Å². The first kappa shape index (κ1) is 15.3. The number of likely N-dealkylation sites (tertiary alicyclic amines) is 1. The van der Waals surface area contributed by atoms with Crippen molar-refractivity contribution in [2.75, 3.05) is 26.8 Å². The molecular formula is C17H30N2O2. The maximum absolute atomic E-state index is 12.8. The monoisotopic (exact) mass is 294 g/mol. The zero-order valence-electron chi connectivity index (χ0n) is 13.3. The highest BCUT2D eigenvalue weighted by atomic mass is 16.5. The molecule has 2 unspecified atom stereocenters. The molecule has 0 spiro atoms. The standard InChI is InChI=1S/C17H30N2O2/c1-21-11-12-5-7-19(8-6-12)17(20)15-9-13-3-2-4-14(10-15)16(13)18/h12-16H,2-11,18H2,1H3. The molecule has 2 N–H and O–H groups in total. The quantitative estimate of drug-likeness (QED) is 0.866. The van der Waals surface area contributed by atoms with Gasteiger partial charge in [-0.05, 0) is 56.3 Å². The second kappa shape index (κ2) is 6.66. The number of hydrogen-bond donors (Lipinski definition) is 1. The molecule has 1 aliphatic heterocycles. The van der Waals surface area contributed by atoms with E-state index in [4.69, 9.17) is 10.5 Å². The second-order valence-corrected chi connectivity index (χ2v) is 7.42. The third-order valence-electron chi connectivity index (χ3n) is 6.09. The lowest BCUT2D eigenvalue weighted by molar-refractivity contribution is -0.140. The molecule has 0 radical (unpaired) electrons. The van der Waals surface area contributed by atoms with Crippen molar-refractivity contribution in [2.45, 2.75) is 51.0 Å². The largest absolute Gasteiger partial charge is 0.384 e. The van der Waals surface area contributed by atoms with Gasteiger partial charge in [-0.2, -0.15) is 0 Å².